The SMILES string of the molecule is Oc1ccc(C=Nn2c(-c3n[nH]c4c3CCC4)n[nH]c2=S)c(O)c1. The molecule has 0 bridgehead atoms. The number of nitrogens with one attached hydrogen (secondary N) is 2. The number of aromatic hydroxyl groups is 2. The highest BCUT2D eigenvalue weighted by Gasteiger charge is 2.23. The molecule has 122 valence electrons. The number of fused-ring (bicyclic) bond motifs is 1. The van der Waals surface area contributed by atoms with E-state index in [9.17, 15) is 10.2 Å². The molecular weight excluding hydrogens is 328 g/mol. The molecule has 8 nitrogen and oxygen atoms in total. The number of benzene rings is 1. The van der Waals surface area contributed by atoms with E-state index >= 15 is 0 Å². The zero-order valence-electron chi connectivity index (χ0n) is 12.5. The fourth-order valence-electron chi connectivity index (χ4n) is 2.82. The average Bonchev–Trinajstić information content (AvgIpc) is 3.23. The zero-order chi connectivity index (χ0) is 16.7. The standard InChI is InChI=1S/C15H14N6O2S/c22-9-5-4-8(12(23)6-9)7-16-21-14(19-20-15(21)24)13-10-2-1-3-11(10)17-18-13/h4-7,22-23H,1-3H2,(H,17,18)(H,20,24). The van der Waals surface area contributed by atoms with Crippen LogP contribution in [-0.4, -0.2) is 41.5 Å². The number of hydrogen-bond donors (Lipinski definition) is 4. The smallest absolute Gasteiger partial charge is 0.216 e. The van der Waals surface area contributed by atoms with Gasteiger partial charge in [0, 0.05) is 22.9 Å². The van der Waals surface area contributed by atoms with Gasteiger partial charge in [0.15, 0.2) is 0 Å². The lowest BCUT2D eigenvalue weighted by Gasteiger charge is -2.01. The summed E-state index contributed by atoms with van der Waals surface area (Å²) < 4.78 is 1.80. The highest BCUT2D eigenvalue weighted by molar-refractivity contribution is 7.71. The Morgan fingerprint density at radius 2 is 2.08 bits per heavy atom. The van der Waals surface area contributed by atoms with E-state index < -0.39 is 0 Å². The average molecular weight is 342 g/mol. The van der Waals surface area contributed by atoms with Gasteiger partial charge >= 0.3 is 0 Å². The molecule has 3 aromatic rings. The number of H-pyrrole nitrogens is 2. The van der Waals surface area contributed by atoms with Crippen LogP contribution in [0.25, 0.3) is 11.5 Å². The Morgan fingerprint density at radius 1 is 1.21 bits per heavy atom. The van der Waals surface area contributed by atoms with Gasteiger partial charge in [-0.3, -0.25) is 5.10 Å². The topological polar surface area (TPSA) is 115 Å². The van der Waals surface area contributed by atoms with Crippen LogP contribution in [0.4, 0.5) is 0 Å². The third-order valence-corrected chi connectivity index (χ3v) is 4.26. The van der Waals surface area contributed by atoms with Gasteiger partial charge in [0.1, 0.15) is 17.2 Å². The summed E-state index contributed by atoms with van der Waals surface area (Å²) in [6.07, 6.45) is 4.48. The quantitative estimate of drug-likeness (QED) is 0.430. The number of aromatic amines is 2. The third-order valence-electron chi connectivity index (χ3n) is 3.99. The van der Waals surface area contributed by atoms with Gasteiger partial charge in [0.05, 0.1) is 6.21 Å². The zero-order valence-corrected chi connectivity index (χ0v) is 13.3. The summed E-state index contributed by atoms with van der Waals surface area (Å²) in [6, 6.07) is 4.28. The molecule has 0 unspecified atom stereocenters. The highest BCUT2D eigenvalue weighted by Crippen LogP contribution is 2.29. The van der Waals surface area contributed by atoms with Gasteiger partial charge in [-0.15, -0.1) is 0 Å². The van der Waals surface area contributed by atoms with E-state index in [-0.39, 0.29) is 11.5 Å². The first kappa shape index (κ1) is 14.6. The first-order valence-electron chi connectivity index (χ1n) is 7.43. The maximum absolute atomic E-state index is 9.84. The molecule has 1 aliphatic carbocycles. The minimum Gasteiger partial charge on any atom is -0.508 e. The van der Waals surface area contributed by atoms with Crippen LogP contribution in [0.1, 0.15) is 23.2 Å². The van der Waals surface area contributed by atoms with Gasteiger partial charge < -0.3 is 10.2 Å². The van der Waals surface area contributed by atoms with Crippen molar-refractivity contribution in [2.24, 2.45) is 5.10 Å². The van der Waals surface area contributed by atoms with Crippen molar-refractivity contribution in [1.82, 2.24) is 25.1 Å². The molecule has 0 aliphatic heterocycles. The first-order valence-corrected chi connectivity index (χ1v) is 7.84. The second-order valence-electron chi connectivity index (χ2n) is 5.53. The van der Waals surface area contributed by atoms with Crippen molar-refractivity contribution in [2.45, 2.75) is 19.3 Å². The summed E-state index contributed by atoms with van der Waals surface area (Å²) in [6.45, 7) is 0. The fraction of sp³-hybridized carbons (Fsp3) is 0.200. The van der Waals surface area contributed by atoms with Gasteiger partial charge in [0.2, 0.25) is 10.6 Å². The monoisotopic (exact) mass is 342 g/mol. The Kier molecular flexibility index (Phi) is 3.42. The van der Waals surface area contributed by atoms with Crippen LogP contribution in [0.15, 0.2) is 23.3 Å². The number of phenols is 2. The number of phenolic OH excluding ortho intramolecular Hbond substituents is 2. The van der Waals surface area contributed by atoms with E-state index in [4.69, 9.17) is 12.2 Å². The van der Waals surface area contributed by atoms with Crippen LogP contribution >= 0.6 is 12.2 Å². The molecule has 0 saturated heterocycles. The maximum Gasteiger partial charge on any atom is 0.216 e. The minimum absolute atomic E-state index is 0.0163. The van der Waals surface area contributed by atoms with Crippen molar-refractivity contribution in [2.75, 3.05) is 0 Å². The van der Waals surface area contributed by atoms with Crippen LogP contribution < -0.4 is 0 Å². The molecule has 2 aromatic heterocycles. The normalized spacial score (nSPS) is 13.7. The van der Waals surface area contributed by atoms with Crippen molar-refractivity contribution in [1.29, 1.82) is 0 Å². The van der Waals surface area contributed by atoms with Gasteiger partial charge in [-0.1, -0.05) is 0 Å². The Bertz CT molecular complexity index is 1000. The Hall–Kier alpha value is -2.94. The van der Waals surface area contributed by atoms with Crippen LogP contribution in [0.5, 0.6) is 11.5 Å². The molecule has 4 N–H and O–H groups in total. The number of nitrogens with zero attached hydrogens (tertiary/aromatic N) is 4. The summed E-state index contributed by atoms with van der Waals surface area (Å²) in [7, 11) is 0. The Balaban J connectivity index is 1.75. The molecular formula is C15H14N6O2S. The van der Waals surface area contributed by atoms with Crippen LogP contribution in [0.3, 0.4) is 0 Å². The Labute approximate surface area is 141 Å². The van der Waals surface area contributed by atoms with Crippen molar-refractivity contribution in [3.8, 4) is 23.0 Å². The molecule has 0 spiro atoms. The van der Waals surface area contributed by atoms with Crippen molar-refractivity contribution in [3.63, 3.8) is 0 Å². The van der Waals surface area contributed by atoms with Gasteiger partial charge in [-0.25, -0.2) is 5.10 Å². The number of hydrogen-bond acceptors (Lipinski definition) is 6. The summed E-state index contributed by atoms with van der Waals surface area (Å²) >= 11 is 5.23. The lowest BCUT2D eigenvalue weighted by molar-refractivity contribution is 0.450. The predicted octanol–water partition coefficient (Wildman–Crippen LogP) is 2.11. The molecule has 4 rings (SSSR count). The van der Waals surface area contributed by atoms with Crippen molar-refractivity contribution in [3.05, 3.63) is 39.8 Å². The highest BCUT2D eigenvalue weighted by atomic mass is 32.1. The van der Waals surface area contributed by atoms with Crippen LogP contribution in [-0.2, 0) is 12.8 Å². The second kappa shape index (κ2) is 5.60. The van der Waals surface area contributed by atoms with E-state index in [0.29, 0.717) is 16.2 Å². The van der Waals surface area contributed by atoms with Crippen molar-refractivity contribution < 1.29 is 10.2 Å². The third kappa shape index (κ3) is 2.38. The van der Waals surface area contributed by atoms with Gasteiger partial charge in [-0.2, -0.15) is 20.0 Å². The van der Waals surface area contributed by atoms with Gasteiger partial charge in [0.25, 0.3) is 0 Å². The molecule has 0 atom stereocenters. The van der Waals surface area contributed by atoms with E-state index in [2.05, 4.69) is 25.5 Å². The lowest BCUT2D eigenvalue weighted by atomic mass is 10.2. The fourth-order valence-corrected chi connectivity index (χ4v) is 3.00. The summed E-state index contributed by atoms with van der Waals surface area (Å²) in [4.78, 5) is 0. The summed E-state index contributed by atoms with van der Waals surface area (Å²) in [5.41, 5.74) is 3.47. The molecule has 0 fully saturated rings. The maximum atomic E-state index is 9.84. The molecule has 24 heavy (non-hydrogen) atoms. The van der Waals surface area contributed by atoms with E-state index in [1.54, 1.807) is 6.07 Å². The van der Waals surface area contributed by atoms with E-state index in [1.807, 2.05) is 0 Å². The summed E-state index contributed by atoms with van der Waals surface area (Å²) in [5.74, 6) is 0.433. The molecule has 0 amide bonds. The molecule has 0 saturated carbocycles. The first-order chi connectivity index (χ1) is 11.6. The summed E-state index contributed by atoms with van der Waals surface area (Å²) in [5, 5.41) is 37.8. The molecule has 1 aromatic carbocycles. The Morgan fingerprint density at radius 3 is 2.92 bits per heavy atom. The van der Waals surface area contributed by atoms with Crippen molar-refractivity contribution >= 4 is 18.4 Å². The van der Waals surface area contributed by atoms with Crippen LogP contribution in [0, 0.1) is 4.77 Å². The van der Waals surface area contributed by atoms with Gasteiger partial charge in [-0.05, 0) is 43.6 Å². The van der Waals surface area contributed by atoms with E-state index in [0.717, 1.165) is 36.2 Å². The van der Waals surface area contributed by atoms with Crippen LogP contribution in [0.2, 0.25) is 0 Å². The number of aryl methyl sites for hydroxylation is 1. The second-order valence-corrected chi connectivity index (χ2v) is 5.92. The molecule has 2 heterocycles. The minimum atomic E-state index is -0.0732. The molecule has 0 radical (unpaired) electrons. The molecule has 1 aliphatic rings. The van der Waals surface area contributed by atoms with E-state index in [1.165, 1.54) is 23.0 Å². The number of rotatable bonds is 3. The number of aromatic nitrogens is 5. The molecule has 9 heteroatoms. The lowest BCUT2D eigenvalue weighted by Crippen LogP contribution is -1.97. The largest absolute Gasteiger partial charge is 0.508 e. The predicted molar refractivity (Wildman–Crippen MR) is 89.8 cm³/mol.